The largest absolute Gasteiger partial charge is 0.373 e. The Labute approximate surface area is 73.9 Å². The third-order valence-corrected chi connectivity index (χ3v) is 3.04. The summed E-state index contributed by atoms with van der Waals surface area (Å²) in [5.74, 6) is 0. The van der Waals surface area contributed by atoms with Crippen LogP contribution in [0.25, 0.3) is 0 Å². The van der Waals surface area contributed by atoms with Gasteiger partial charge in [-0.25, -0.2) is 0 Å². The van der Waals surface area contributed by atoms with Gasteiger partial charge in [0.25, 0.3) is 0 Å². The number of nitrogens with two attached hydrogens (primary N) is 1. The molecule has 0 aromatic heterocycles. The van der Waals surface area contributed by atoms with Crippen molar-refractivity contribution in [3.05, 3.63) is 0 Å². The topological polar surface area (TPSA) is 38.5 Å². The van der Waals surface area contributed by atoms with E-state index in [1.807, 2.05) is 0 Å². The molecule has 70 valence electrons. The summed E-state index contributed by atoms with van der Waals surface area (Å²) in [5, 5.41) is 0. The van der Waals surface area contributed by atoms with E-state index in [1.165, 1.54) is 0 Å². The highest BCUT2D eigenvalue weighted by molar-refractivity contribution is 4.95. The van der Waals surface area contributed by atoms with Crippen molar-refractivity contribution in [2.45, 2.75) is 30.9 Å². The fourth-order valence-corrected chi connectivity index (χ4v) is 2.39. The first kappa shape index (κ1) is 8.48. The predicted octanol–water partition coefficient (Wildman–Crippen LogP) is 0.198. The van der Waals surface area contributed by atoms with Gasteiger partial charge in [0.05, 0.1) is 5.60 Å². The van der Waals surface area contributed by atoms with E-state index in [2.05, 4.69) is 11.9 Å². The summed E-state index contributed by atoms with van der Waals surface area (Å²) in [6.45, 7) is 3.09. The number of rotatable bonds is 0. The lowest BCUT2D eigenvalue weighted by molar-refractivity contribution is -0.0747. The van der Waals surface area contributed by atoms with Crippen LogP contribution in [-0.4, -0.2) is 43.3 Å². The second-order valence-corrected chi connectivity index (χ2v) is 4.27. The SMILES string of the molecule is CN1CCC2(CC(N)CCO2)C1. The van der Waals surface area contributed by atoms with Gasteiger partial charge in [-0.3, -0.25) is 0 Å². The monoisotopic (exact) mass is 170 g/mol. The Kier molecular flexibility index (Phi) is 2.10. The van der Waals surface area contributed by atoms with Crippen molar-refractivity contribution in [1.29, 1.82) is 0 Å². The Morgan fingerprint density at radius 1 is 1.58 bits per heavy atom. The molecule has 3 heteroatoms. The molecule has 2 saturated heterocycles. The molecule has 0 amide bonds. The molecule has 2 N–H and O–H groups in total. The van der Waals surface area contributed by atoms with E-state index in [-0.39, 0.29) is 5.60 Å². The summed E-state index contributed by atoms with van der Waals surface area (Å²) in [6.07, 6.45) is 3.25. The molecular weight excluding hydrogens is 152 g/mol. The summed E-state index contributed by atoms with van der Waals surface area (Å²) in [7, 11) is 2.15. The zero-order valence-electron chi connectivity index (χ0n) is 7.75. The van der Waals surface area contributed by atoms with Gasteiger partial charge in [0, 0.05) is 25.7 Å². The van der Waals surface area contributed by atoms with Crippen LogP contribution in [0.5, 0.6) is 0 Å². The van der Waals surface area contributed by atoms with Crippen molar-refractivity contribution >= 4 is 0 Å². The Morgan fingerprint density at radius 3 is 3.00 bits per heavy atom. The average molecular weight is 170 g/mol. The lowest BCUT2D eigenvalue weighted by Gasteiger charge is -2.36. The molecule has 2 rings (SSSR count). The first-order chi connectivity index (χ1) is 5.70. The van der Waals surface area contributed by atoms with E-state index in [0.717, 1.165) is 39.0 Å². The van der Waals surface area contributed by atoms with Gasteiger partial charge < -0.3 is 15.4 Å². The molecule has 0 aromatic carbocycles. The molecule has 0 bridgehead atoms. The van der Waals surface area contributed by atoms with Crippen LogP contribution >= 0.6 is 0 Å². The first-order valence-corrected chi connectivity index (χ1v) is 4.78. The van der Waals surface area contributed by atoms with Crippen LogP contribution in [0.2, 0.25) is 0 Å². The van der Waals surface area contributed by atoms with Crippen LogP contribution in [0.4, 0.5) is 0 Å². The molecule has 0 saturated carbocycles. The molecule has 2 fully saturated rings. The van der Waals surface area contributed by atoms with Gasteiger partial charge in [0.1, 0.15) is 0 Å². The second-order valence-electron chi connectivity index (χ2n) is 4.27. The fraction of sp³-hybridized carbons (Fsp3) is 1.00. The molecule has 2 aliphatic rings. The molecule has 12 heavy (non-hydrogen) atoms. The minimum atomic E-state index is 0.117. The van der Waals surface area contributed by atoms with Gasteiger partial charge in [-0.2, -0.15) is 0 Å². The van der Waals surface area contributed by atoms with Crippen LogP contribution in [-0.2, 0) is 4.74 Å². The normalized spacial score (nSPS) is 44.0. The molecule has 0 aliphatic carbocycles. The summed E-state index contributed by atoms with van der Waals surface area (Å²) >= 11 is 0. The van der Waals surface area contributed by atoms with Gasteiger partial charge in [-0.05, 0) is 26.3 Å². The predicted molar refractivity (Wildman–Crippen MR) is 48.0 cm³/mol. The molecular formula is C9H18N2O. The zero-order chi connectivity index (χ0) is 8.60. The van der Waals surface area contributed by atoms with Crippen molar-refractivity contribution in [1.82, 2.24) is 4.90 Å². The van der Waals surface area contributed by atoms with Crippen LogP contribution in [0.3, 0.4) is 0 Å². The lowest BCUT2D eigenvalue weighted by atomic mass is 9.90. The quantitative estimate of drug-likeness (QED) is 0.564. The van der Waals surface area contributed by atoms with E-state index < -0.39 is 0 Å². The van der Waals surface area contributed by atoms with E-state index in [4.69, 9.17) is 10.5 Å². The maximum absolute atomic E-state index is 5.94. The molecule has 3 nitrogen and oxygen atoms in total. The maximum Gasteiger partial charge on any atom is 0.0835 e. The minimum absolute atomic E-state index is 0.117. The third kappa shape index (κ3) is 1.49. The van der Waals surface area contributed by atoms with E-state index in [9.17, 15) is 0 Å². The Hall–Kier alpha value is -0.120. The summed E-state index contributed by atoms with van der Waals surface area (Å²) < 4.78 is 5.85. The van der Waals surface area contributed by atoms with Gasteiger partial charge in [-0.15, -0.1) is 0 Å². The van der Waals surface area contributed by atoms with Gasteiger partial charge in [0.2, 0.25) is 0 Å². The van der Waals surface area contributed by atoms with Gasteiger partial charge in [0.15, 0.2) is 0 Å². The lowest BCUT2D eigenvalue weighted by Crippen LogP contribution is -2.46. The first-order valence-electron chi connectivity index (χ1n) is 4.78. The van der Waals surface area contributed by atoms with Crippen molar-refractivity contribution in [3.8, 4) is 0 Å². The van der Waals surface area contributed by atoms with Crippen molar-refractivity contribution in [2.75, 3.05) is 26.7 Å². The number of likely N-dealkylation sites (tertiary alicyclic amines) is 1. The third-order valence-electron chi connectivity index (χ3n) is 3.04. The van der Waals surface area contributed by atoms with Crippen LogP contribution < -0.4 is 5.73 Å². The summed E-state index contributed by atoms with van der Waals surface area (Å²) in [5.41, 5.74) is 6.05. The Bertz CT molecular complexity index is 170. The van der Waals surface area contributed by atoms with Crippen molar-refractivity contribution < 1.29 is 4.74 Å². The summed E-state index contributed by atoms with van der Waals surface area (Å²) in [6, 6.07) is 0.366. The van der Waals surface area contributed by atoms with E-state index in [0.29, 0.717) is 6.04 Å². The molecule has 1 spiro atoms. The van der Waals surface area contributed by atoms with E-state index in [1.54, 1.807) is 0 Å². The molecule has 2 heterocycles. The fourth-order valence-electron chi connectivity index (χ4n) is 2.39. The number of hydrogen-bond acceptors (Lipinski definition) is 3. The second kappa shape index (κ2) is 2.98. The van der Waals surface area contributed by atoms with Crippen molar-refractivity contribution in [2.24, 2.45) is 5.73 Å². The maximum atomic E-state index is 5.94. The number of nitrogens with zero attached hydrogens (tertiary/aromatic N) is 1. The Balaban J connectivity index is 2.00. The van der Waals surface area contributed by atoms with Crippen LogP contribution in [0.15, 0.2) is 0 Å². The average Bonchev–Trinajstić information content (AvgIpc) is 2.32. The van der Waals surface area contributed by atoms with Gasteiger partial charge in [-0.1, -0.05) is 0 Å². The highest BCUT2D eigenvalue weighted by Crippen LogP contribution is 2.32. The summed E-state index contributed by atoms with van der Waals surface area (Å²) in [4.78, 5) is 2.33. The molecule has 2 atom stereocenters. The van der Waals surface area contributed by atoms with Gasteiger partial charge >= 0.3 is 0 Å². The van der Waals surface area contributed by atoms with Crippen LogP contribution in [0.1, 0.15) is 19.3 Å². The number of likely N-dealkylation sites (N-methyl/N-ethyl adjacent to an activating group) is 1. The Morgan fingerprint density at radius 2 is 2.42 bits per heavy atom. The minimum Gasteiger partial charge on any atom is -0.373 e. The standard InChI is InChI=1S/C9H18N2O/c1-11-4-3-9(7-11)6-8(10)2-5-12-9/h8H,2-7,10H2,1H3. The highest BCUT2D eigenvalue weighted by atomic mass is 16.5. The molecule has 2 unspecified atom stereocenters. The van der Waals surface area contributed by atoms with Crippen LogP contribution in [0, 0.1) is 0 Å². The smallest absolute Gasteiger partial charge is 0.0835 e. The number of hydrogen-bond donors (Lipinski definition) is 1. The van der Waals surface area contributed by atoms with E-state index >= 15 is 0 Å². The molecule has 0 radical (unpaired) electrons. The zero-order valence-corrected chi connectivity index (χ0v) is 7.75. The van der Waals surface area contributed by atoms with Crippen molar-refractivity contribution in [3.63, 3.8) is 0 Å². The highest BCUT2D eigenvalue weighted by Gasteiger charge is 2.41. The molecule has 2 aliphatic heterocycles. The molecule has 0 aromatic rings. The number of ether oxygens (including phenoxy) is 1.